The molecule has 3 rings (SSSR count). The third kappa shape index (κ3) is 2.79. The van der Waals surface area contributed by atoms with Crippen molar-refractivity contribution in [3.05, 3.63) is 46.5 Å². The second-order valence-corrected chi connectivity index (χ2v) is 7.41. The van der Waals surface area contributed by atoms with Gasteiger partial charge in [-0.05, 0) is 37.1 Å². The van der Waals surface area contributed by atoms with Crippen LogP contribution in [0, 0.1) is 13.8 Å². The van der Waals surface area contributed by atoms with Gasteiger partial charge < -0.3 is 0 Å². The molecule has 0 radical (unpaired) electrons. The third-order valence-corrected chi connectivity index (χ3v) is 6.54. The molecular weight excluding hydrogens is 370 g/mol. The second-order valence-electron chi connectivity index (χ2n) is 5.30. The summed E-state index contributed by atoms with van der Waals surface area (Å²) < 4.78 is 80.7. The first-order valence-corrected chi connectivity index (χ1v) is 8.41. The van der Waals surface area contributed by atoms with Gasteiger partial charge in [0.1, 0.15) is 0 Å². The Morgan fingerprint density at radius 3 is 1.58 bits per heavy atom. The quantitative estimate of drug-likeness (QED) is 0.387. The van der Waals surface area contributed by atoms with Crippen LogP contribution >= 0.6 is 23.5 Å². The van der Waals surface area contributed by atoms with E-state index in [1.807, 2.05) is 0 Å². The molecule has 0 amide bonds. The molecule has 0 saturated heterocycles. The minimum absolute atomic E-state index is 0.234. The highest BCUT2D eigenvalue weighted by atomic mass is 32.2. The standard InChI is InChI=1S/C16H10F6S2/c1-7-8(2)13-14(24-10-6-4-3-5-9(10)23-13)12(16(20,21)22)11(7)15(17,18)19/h3-6H,1-2H3. The van der Waals surface area contributed by atoms with Crippen molar-refractivity contribution in [3.8, 4) is 0 Å². The number of halogens is 6. The molecule has 0 N–H and O–H groups in total. The molecular formula is C16H10F6S2. The summed E-state index contributed by atoms with van der Waals surface area (Å²) in [5.41, 5.74) is -3.31. The molecule has 8 heteroatoms. The Morgan fingerprint density at radius 2 is 1.12 bits per heavy atom. The lowest BCUT2D eigenvalue weighted by molar-refractivity contribution is -0.164. The van der Waals surface area contributed by atoms with E-state index >= 15 is 0 Å². The van der Waals surface area contributed by atoms with Gasteiger partial charge in [0.05, 0.1) is 11.1 Å². The molecule has 0 nitrogen and oxygen atoms in total. The van der Waals surface area contributed by atoms with Gasteiger partial charge in [0.25, 0.3) is 0 Å². The van der Waals surface area contributed by atoms with E-state index in [0.717, 1.165) is 35.3 Å². The first-order valence-electron chi connectivity index (χ1n) is 6.78. The normalized spacial score (nSPS) is 14.3. The monoisotopic (exact) mass is 380 g/mol. The second kappa shape index (κ2) is 5.62. The molecule has 0 bridgehead atoms. The van der Waals surface area contributed by atoms with Crippen LogP contribution in [-0.4, -0.2) is 0 Å². The molecule has 0 aromatic heterocycles. The lowest BCUT2D eigenvalue weighted by Gasteiger charge is -2.28. The fourth-order valence-corrected chi connectivity index (χ4v) is 5.26. The first kappa shape index (κ1) is 17.5. The molecule has 0 unspecified atom stereocenters. The molecule has 0 saturated carbocycles. The molecule has 2 aromatic rings. The van der Waals surface area contributed by atoms with Crippen molar-refractivity contribution in [1.82, 2.24) is 0 Å². The summed E-state index contributed by atoms with van der Waals surface area (Å²) in [5.74, 6) is 0. The molecule has 2 aromatic carbocycles. The Bertz CT molecular complexity index is 821. The number of alkyl halides is 6. The van der Waals surface area contributed by atoms with Gasteiger partial charge in [-0.1, -0.05) is 35.7 Å². The van der Waals surface area contributed by atoms with E-state index in [0.29, 0.717) is 4.90 Å². The summed E-state index contributed by atoms with van der Waals surface area (Å²) in [6.45, 7) is 2.53. The molecule has 1 aliphatic rings. The van der Waals surface area contributed by atoms with Crippen molar-refractivity contribution in [2.75, 3.05) is 0 Å². The lowest BCUT2D eigenvalue weighted by atomic mass is 9.96. The predicted molar refractivity (Wildman–Crippen MR) is 80.6 cm³/mol. The molecule has 128 valence electrons. The van der Waals surface area contributed by atoms with E-state index in [1.165, 1.54) is 6.92 Å². The maximum absolute atomic E-state index is 13.5. The molecule has 1 aliphatic heterocycles. The summed E-state index contributed by atoms with van der Waals surface area (Å²) in [7, 11) is 0. The van der Waals surface area contributed by atoms with Gasteiger partial charge in [-0.25, -0.2) is 0 Å². The number of rotatable bonds is 0. The first-order chi connectivity index (χ1) is 11.0. The van der Waals surface area contributed by atoms with Crippen molar-refractivity contribution in [1.29, 1.82) is 0 Å². The fourth-order valence-electron chi connectivity index (χ4n) is 2.63. The fraction of sp³-hybridized carbons (Fsp3) is 0.250. The van der Waals surface area contributed by atoms with Crippen LogP contribution in [0.4, 0.5) is 26.3 Å². The van der Waals surface area contributed by atoms with Crippen LogP contribution in [0.5, 0.6) is 0 Å². The van der Waals surface area contributed by atoms with E-state index in [9.17, 15) is 26.3 Å². The number of hydrogen-bond acceptors (Lipinski definition) is 2. The molecule has 24 heavy (non-hydrogen) atoms. The van der Waals surface area contributed by atoms with Crippen molar-refractivity contribution in [2.45, 2.75) is 45.8 Å². The van der Waals surface area contributed by atoms with Crippen LogP contribution in [0.25, 0.3) is 0 Å². The average Bonchev–Trinajstić information content (AvgIpc) is 2.46. The summed E-state index contributed by atoms with van der Waals surface area (Å²) in [4.78, 5) is 1.15. The smallest absolute Gasteiger partial charge is 0.166 e. The van der Waals surface area contributed by atoms with E-state index < -0.39 is 23.5 Å². The lowest BCUT2D eigenvalue weighted by Crippen LogP contribution is -2.21. The predicted octanol–water partition coefficient (Wildman–Crippen LogP) is 6.96. The van der Waals surface area contributed by atoms with E-state index in [4.69, 9.17) is 0 Å². The highest BCUT2D eigenvalue weighted by Crippen LogP contribution is 2.57. The number of benzene rings is 2. The summed E-state index contributed by atoms with van der Waals surface area (Å²) >= 11 is 1.83. The zero-order chi connectivity index (χ0) is 17.9. The topological polar surface area (TPSA) is 0 Å². The molecule has 0 fully saturated rings. The van der Waals surface area contributed by atoms with Crippen molar-refractivity contribution in [2.24, 2.45) is 0 Å². The summed E-state index contributed by atoms with van der Waals surface area (Å²) in [6.07, 6.45) is -10.2. The van der Waals surface area contributed by atoms with Crippen molar-refractivity contribution in [3.63, 3.8) is 0 Å². The summed E-state index contributed by atoms with van der Waals surface area (Å²) in [5, 5.41) is 0. The van der Waals surface area contributed by atoms with Crippen LogP contribution < -0.4 is 0 Å². The Balaban J connectivity index is 2.38. The highest BCUT2D eigenvalue weighted by Gasteiger charge is 2.48. The maximum atomic E-state index is 13.5. The van der Waals surface area contributed by atoms with Gasteiger partial charge in [0, 0.05) is 19.6 Å². The van der Waals surface area contributed by atoms with Crippen molar-refractivity contribution >= 4 is 23.5 Å². The minimum Gasteiger partial charge on any atom is -0.166 e. The van der Waals surface area contributed by atoms with Gasteiger partial charge in [-0.2, -0.15) is 26.3 Å². The SMILES string of the molecule is Cc1c(C)c(C(F)(F)F)c(C(F)(F)F)c2c1Sc1ccccc1S2. The average molecular weight is 380 g/mol. The summed E-state index contributed by atoms with van der Waals surface area (Å²) in [6, 6.07) is 6.75. The third-order valence-electron chi connectivity index (χ3n) is 3.80. The van der Waals surface area contributed by atoms with Crippen LogP contribution in [0.15, 0.2) is 43.8 Å². The van der Waals surface area contributed by atoms with Gasteiger partial charge in [0.15, 0.2) is 0 Å². The number of hydrogen-bond donors (Lipinski definition) is 0. The molecule has 0 aliphatic carbocycles. The maximum Gasteiger partial charge on any atom is 0.418 e. The Hall–Kier alpha value is -1.28. The molecule has 1 heterocycles. The Labute approximate surface area is 142 Å². The van der Waals surface area contributed by atoms with E-state index in [2.05, 4.69) is 0 Å². The van der Waals surface area contributed by atoms with E-state index in [-0.39, 0.29) is 20.9 Å². The zero-order valence-corrected chi connectivity index (χ0v) is 14.0. The minimum atomic E-state index is -5.09. The van der Waals surface area contributed by atoms with Crippen molar-refractivity contribution < 1.29 is 26.3 Å². The van der Waals surface area contributed by atoms with Gasteiger partial charge in [0.2, 0.25) is 0 Å². The Kier molecular flexibility index (Phi) is 4.11. The van der Waals surface area contributed by atoms with E-state index in [1.54, 1.807) is 24.3 Å². The van der Waals surface area contributed by atoms with Crippen LogP contribution in [0.2, 0.25) is 0 Å². The number of fused-ring (bicyclic) bond motifs is 2. The molecule has 0 atom stereocenters. The molecule has 0 spiro atoms. The zero-order valence-electron chi connectivity index (χ0n) is 12.4. The van der Waals surface area contributed by atoms with Crippen LogP contribution in [0.3, 0.4) is 0 Å². The Morgan fingerprint density at radius 1 is 0.667 bits per heavy atom. The van der Waals surface area contributed by atoms with Gasteiger partial charge in [-0.15, -0.1) is 0 Å². The van der Waals surface area contributed by atoms with Gasteiger partial charge in [-0.3, -0.25) is 0 Å². The van der Waals surface area contributed by atoms with Gasteiger partial charge >= 0.3 is 12.4 Å². The van der Waals surface area contributed by atoms with Crippen LogP contribution in [0.1, 0.15) is 22.3 Å². The van der Waals surface area contributed by atoms with Crippen LogP contribution in [-0.2, 0) is 12.4 Å². The largest absolute Gasteiger partial charge is 0.418 e. The highest BCUT2D eigenvalue weighted by molar-refractivity contribution is 8.05.